The standard InChI is InChI=1S/C14H14Cl2N2O/c15-10-2-1-9(12(16)6-10)5-14(19)13-7-17-8-18(13)11-3-4-11/h1-2,6-8,11,14,19H,3-5H2. The van der Waals surface area contributed by atoms with Crippen LogP contribution in [0.1, 0.15) is 36.2 Å². The molecule has 19 heavy (non-hydrogen) atoms. The molecule has 1 saturated carbocycles. The van der Waals surface area contributed by atoms with Gasteiger partial charge in [-0.2, -0.15) is 0 Å². The fraction of sp³-hybridized carbons (Fsp3) is 0.357. The van der Waals surface area contributed by atoms with E-state index in [1.807, 2.05) is 6.07 Å². The molecule has 100 valence electrons. The molecule has 3 rings (SSSR count). The van der Waals surface area contributed by atoms with Crippen LogP contribution in [0.3, 0.4) is 0 Å². The highest BCUT2D eigenvalue weighted by atomic mass is 35.5. The number of nitrogens with zero attached hydrogens (tertiary/aromatic N) is 2. The molecule has 1 unspecified atom stereocenters. The van der Waals surface area contributed by atoms with E-state index >= 15 is 0 Å². The zero-order chi connectivity index (χ0) is 13.4. The van der Waals surface area contributed by atoms with Crippen LogP contribution >= 0.6 is 23.2 Å². The first-order valence-electron chi connectivity index (χ1n) is 6.29. The van der Waals surface area contributed by atoms with Crippen LogP contribution in [0.5, 0.6) is 0 Å². The summed E-state index contributed by atoms with van der Waals surface area (Å²) in [4.78, 5) is 4.13. The third-order valence-electron chi connectivity index (χ3n) is 3.41. The molecule has 0 radical (unpaired) electrons. The van der Waals surface area contributed by atoms with E-state index < -0.39 is 6.10 Å². The van der Waals surface area contributed by atoms with Crippen LogP contribution < -0.4 is 0 Å². The first kappa shape index (κ1) is 13.0. The van der Waals surface area contributed by atoms with Crippen molar-refractivity contribution in [1.82, 2.24) is 9.55 Å². The Labute approximate surface area is 121 Å². The molecule has 1 heterocycles. The van der Waals surface area contributed by atoms with E-state index in [4.69, 9.17) is 23.2 Å². The summed E-state index contributed by atoms with van der Waals surface area (Å²) in [5, 5.41) is 11.6. The summed E-state index contributed by atoms with van der Waals surface area (Å²) >= 11 is 12.0. The van der Waals surface area contributed by atoms with Crippen molar-refractivity contribution in [2.24, 2.45) is 0 Å². The maximum Gasteiger partial charge on any atom is 0.0996 e. The molecule has 0 saturated heterocycles. The molecule has 0 spiro atoms. The predicted octanol–water partition coefficient (Wildman–Crippen LogP) is 3.80. The van der Waals surface area contributed by atoms with E-state index in [1.54, 1.807) is 24.7 Å². The van der Waals surface area contributed by atoms with Gasteiger partial charge in [0.1, 0.15) is 0 Å². The zero-order valence-corrected chi connectivity index (χ0v) is 11.8. The quantitative estimate of drug-likeness (QED) is 0.932. The molecule has 3 nitrogen and oxygen atoms in total. The highest BCUT2D eigenvalue weighted by Crippen LogP contribution is 2.37. The van der Waals surface area contributed by atoms with Gasteiger partial charge in [0, 0.05) is 22.5 Å². The van der Waals surface area contributed by atoms with Gasteiger partial charge < -0.3 is 9.67 Å². The number of benzene rings is 1. The number of aliphatic hydroxyl groups is 1. The number of halogens is 2. The molecule has 1 fully saturated rings. The van der Waals surface area contributed by atoms with Gasteiger partial charge >= 0.3 is 0 Å². The number of imidazole rings is 1. The zero-order valence-electron chi connectivity index (χ0n) is 10.3. The second-order valence-corrected chi connectivity index (χ2v) is 5.76. The summed E-state index contributed by atoms with van der Waals surface area (Å²) in [6.07, 6.45) is 5.72. The van der Waals surface area contributed by atoms with Gasteiger partial charge in [-0.05, 0) is 30.5 Å². The Morgan fingerprint density at radius 3 is 2.84 bits per heavy atom. The average Bonchev–Trinajstić information content (AvgIpc) is 3.10. The largest absolute Gasteiger partial charge is 0.386 e. The van der Waals surface area contributed by atoms with Crippen molar-refractivity contribution < 1.29 is 5.11 Å². The Bertz CT molecular complexity index is 593. The van der Waals surface area contributed by atoms with Crippen molar-refractivity contribution in [3.8, 4) is 0 Å². The first-order valence-corrected chi connectivity index (χ1v) is 7.04. The van der Waals surface area contributed by atoms with Crippen molar-refractivity contribution in [3.05, 3.63) is 52.0 Å². The molecule has 1 N–H and O–H groups in total. The molecule has 1 aromatic heterocycles. The van der Waals surface area contributed by atoms with Crippen molar-refractivity contribution in [3.63, 3.8) is 0 Å². The molecule has 1 aliphatic rings. The SMILES string of the molecule is OC(Cc1ccc(Cl)cc1Cl)c1cncn1C1CC1. The second kappa shape index (κ2) is 5.16. The molecular formula is C14H14Cl2N2O. The molecule has 1 aliphatic carbocycles. The van der Waals surface area contributed by atoms with Crippen LogP contribution in [0.25, 0.3) is 0 Å². The van der Waals surface area contributed by atoms with Gasteiger partial charge in [0.05, 0.1) is 24.3 Å². The molecule has 5 heteroatoms. The number of aromatic nitrogens is 2. The maximum absolute atomic E-state index is 10.4. The van der Waals surface area contributed by atoms with Gasteiger partial charge in [-0.1, -0.05) is 29.3 Å². The van der Waals surface area contributed by atoms with Gasteiger partial charge in [0.25, 0.3) is 0 Å². The fourth-order valence-electron chi connectivity index (χ4n) is 2.23. The van der Waals surface area contributed by atoms with E-state index in [0.29, 0.717) is 22.5 Å². The van der Waals surface area contributed by atoms with Gasteiger partial charge in [0.2, 0.25) is 0 Å². The van der Waals surface area contributed by atoms with Gasteiger partial charge in [0.15, 0.2) is 0 Å². The second-order valence-electron chi connectivity index (χ2n) is 4.91. The molecule has 0 amide bonds. The van der Waals surface area contributed by atoms with E-state index in [1.165, 1.54) is 0 Å². The summed E-state index contributed by atoms with van der Waals surface area (Å²) < 4.78 is 2.06. The van der Waals surface area contributed by atoms with E-state index in [0.717, 1.165) is 24.1 Å². The first-order chi connectivity index (χ1) is 9.15. The summed E-state index contributed by atoms with van der Waals surface area (Å²) in [6.45, 7) is 0. The fourth-order valence-corrected chi connectivity index (χ4v) is 2.72. The summed E-state index contributed by atoms with van der Waals surface area (Å²) in [5.74, 6) is 0. The Balaban J connectivity index is 1.80. The number of aliphatic hydroxyl groups excluding tert-OH is 1. The summed E-state index contributed by atoms with van der Waals surface area (Å²) in [6, 6.07) is 5.84. The molecule has 1 atom stereocenters. The Morgan fingerprint density at radius 1 is 1.37 bits per heavy atom. The van der Waals surface area contributed by atoms with Crippen LogP contribution in [0.15, 0.2) is 30.7 Å². The number of rotatable bonds is 4. The van der Waals surface area contributed by atoms with E-state index in [-0.39, 0.29) is 0 Å². The maximum atomic E-state index is 10.4. The molecule has 1 aromatic carbocycles. The highest BCUT2D eigenvalue weighted by molar-refractivity contribution is 6.35. The average molecular weight is 297 g/mol. The third kappa shape index (κ3) is 2.78. The Morgan fingerprint density at radius 2 is 2.16 bits per heavy atom. The Kier molecular flexibility index (Phi) is 3.52. The van der Waals surface area contributed by atoms with Crippen LogP contribution in [0.4, 0.5) is 0 Å². The van der Waals surface area contributed by atoms with Crippen molar-refractivity contribution >= 4 is 23.2 Å². The van der Waals surface area contributed by atoms with Gasteiger partial charge in [-0.25, -0.2) is 4.98 Å². The van der Waals surface area contributed by atoms with Gasteiger partial charge in [-0.3, -0.25) is 0 Å². The molecule has 0 bridgehead atoms. The van der Waals surface area contributed by atoms with Crippen LogP contribution in [-0.4, -0.2) is 14.7 Å². The topological polar surface area (TPSA) is 38.1 Å². The molecular weight excluding hydrogens is 283 g/mol. The minimum atomic E-state index is -0.596. The van der Waals surface area contributed by atoms with Crippen LogP contribution in [-0.2, 0) is 6.42 Å². The lowest BCUT2D eigenvalue weighted by Crippen LogP contribution is -2.08. The summed E-state index contributed by atoms with van der Waals surface area (Å²) in [5.41, 5.74) is 1.75. The predicted molar refractivity (Wildman–Crippen MR) is 75.6 cm³/mol. The summed E-state index contributed by atoms with van der Waals surface area (Å²) in [7, 11) is 0. The van der Waals surface area contributed by atoms with Gasteiger partial charge in [-0.15, -0.1) is 0 Å². The van der Waals surface area contributed by atoms with Crippen LogP contribution in [0, 0.1) is 0 Å². The Hall–Kier alpha value is -1.03. The lowest BCUT2D eigenvalue weighted by Gasteiger charge is -2.14. The van der Waals surface area contributed by atoms with Crippen molar-refractivity contribution in [2.75, 3.05) is 0 Å². The smallest absolute Gasteiger partial charge is 0.0996 e. The van der Waals surface area contributed by atoms with Crippen LogP contribution in [0.2, 0.25) is 10.0 Å². The van der Waals surface area contributed by atoms with Crippen molar-refractivity contribution in [1.29, 1.82) is 0 Å². The third-order valence-corrected chi connectivity index (χ3v) is 3.99. The van der Waals surface area contributed by atoms with E-state index in [9.17, 15) is 5.11 Å². The molecule has 2 aromatic rings. The number of hydrogen-bond acceptors (Lipinski definition) is 2. The lowest BCUT2D eigenvalue weighted by molar-refractivity contribution is 0.168. The number of hydrogen-bond donors (Lipinski definition) is 1. The van der Waals surface area contributed by atoms with E-state index in [2.05, 4.69) is 9.55 Å². The molecule has 0 aliphatic heterocycles. The minimum Gasteiger partial charge on any atom is -0.386 e. The highest BCUT2D eigenvalue weighted by Gasteiger charge is 2.27. The van der Waals surface area contributed by atoms with Crippen molar-refractivity contribution in [2.45, 2.75) is 31.4 Å². The minimum absolute atomic E-state index is 0.467. The normalized spacial score (nSPS) is 16.6. The lowest BCUT2D eigenvalue weighted by atomic mass is 10.1. The monoisotopic (exact) mass is 296 g/mol.